The van der Waals surface area contributed by atoms with Gasteiger partial charge in [-0.3, -0.25) is 28.8 Å². The molecule has 1 saturated heterocycles. The van der Waals surface area contributed by atoms with Crippen LogP contribution in [0.2, 0.25) is 0 Å². The first-order valence-corrected chi connectivity index (χ1v) is 17.4. The van der Waals surface area contributed by atoms with Crippen LogP contribution >= 0.6 is 0 Å². The van der Waals surface area contributed by atoms with Crippen molar-refractivity contribution < 1.29 is 23.6 Å². The third-order valence-electron chi connectivity index (χ3n) is 10.3. The van der Waals surface area contributed by atoms with Crippen LogP contribution < -0.4 is 10.6 Å². The molecule has 1 aliphatic heterocycles. The maximum absolute atomic E-state index is 15.8. The number of nitrogens with zero attached hydrogens (tertiary/aromatic N) is 4. The van der Waals surface area contributed by atoms with Gasteiger partial charge in [-0.15, -0.1) is 0 Å². The van der Waals surface area contributed by atoms with Crippen molar-refractivity contribution in [3.05, 3.63) is 53.1 Å². The van der Waals surface area contributed by atoms with Gasteiger partial charge in [0.25, 0.3) is 5.91 Å². The Labute approximate surface area is 278 Å². The van der Waals surface area contributed by atoms with Crippen LogP contribution in [0.4, 0.5) is 4.39 Å². The van der Waals surface area contributed by atoms with Crippen molar-refractivity contribution in [2.24, 2.45) is 11.8 Å². The Morgan fingerprint density at radius 1 is 0.979 bits per heavy atom. The van der Waals surface area contributed by atoms with Crippen molar-refractivity contribution in [3.8, 4) is 0 Å². The number of hydrogen-bond donors (Lipinski definition) is 2. The molecule has 2 N–H and O–H groups in total. The van der Waals surface area contributed by atoms with Crippen LogP contribution in [0.25, 0.3) is 0 Å². The van der Waals surface area contributed by atoms with E-state index in [-0.39, 0.29) is 53.9 Å². The molecule has 3 amide bonds. The van der Waals surface area contributed by atoms with Crippen molar-refractivity contribution in [2.75, 3.05) is 26.2 Å². The summed E-state index contributed by atoms with van der Waals surface area (Å²) in [7, 11) is 0. The molecule has 1 aliphatic carbocycles. The number of ketones is 1. The van der Waals surface area contributed by atoms with E-state index in [0.717, 1.165) is 38.8 Å². The lowest BCUT2D eigenvalue weighted by Gasteiger charge is -2.41. The average Bonchev–Trinajstić information content (AvgIpc) is 3.56. The number of amides is 3. The number of benzene rings is 1. The van der Waals surface area contributed by atoms with Crippen molar-refractivity contribution in [1.29, 1.82) is 0 Å². The normalized spacial score (nSPS) is 22.3. The quantitative estimate of drug-likeness (QED) is 0.333. The molecule has 2 aliphatic rings. The van der Waals surface area contributed by atoms with E-state index in [2.05, 4.69) is 41.4 Å². The Kier molecular flexibility index (Phi) is 12.7. The van der Waals surface area contributed by atoms with Crippen LogP contribution in [0.15, 0.2) is 30.5 Å². The number of Topliss-reactive ketones (excluding diaryl/α,β-unsaturated/α-hetero) is 1. The van der Waals surface area contributed by atoms with Crippen LogP contribution in [-0.2, 0) is 27.3 Å². The molecule has 2 fully saturated rings. The minimum atomic E-state index is -0.848. The van der Waals surface area contributed by atoms with Gasteiger partial charge in [0.05, 0.1) is 6.04 Å². The molecule has 258 valence electrons. The summed E-state index contributed by atoms with van der Waals surface area (Å²) in [5.74, 6) is -1.53. The number of hydrogen-bond acceptors (Lipinski definition) is 6. The molecule has 4 atom stereocenters. The largest absolute Gasteiger partial charge is 0.344 e. The fraction of sp³-hybridized carbons (Fsp3) is 0.639. The van der Waals surface area contributed by atoms with E-state index in [9.17, 15) is 19.2 Å². The first kappa shape index (κ1) is 36.2. The van der Waals surface area contributed by atoms with Gasteiger partial charge in [0.2, 0.25) is 11.8 Å². The van der Waals surface area contributed by atoms with E-state index < -0.39 is 23.8 Å². The lowest BCUT2D eigenvalue weighted by Crippen LogP contribution is -2.58. The van der Waals surface area contributed by atoms with Gasteiger partial charge in [0, 0.05) is 57.2 Å². The fourth-order valence-electron chi connectivity index (χ4n) is 7.09. The third kappa shape index (κ3) is 8.86. The zero-order valence-electron chi connectivity index (χ0n) is 28.9. The van der Waals surface area contributed by atoms with Crippen molar-refractivity contribution in [2.45, 2.75) is 111 Å². The van der Waals surface area contributed by atoms with Gasteiger partial charge in [-0.1, -0.05) is 52.7 Å². The van der Waals surface area contributed by atoms with Gasteiger partial charge in [-0.2, -0.15) is 5.10 Å². The molecule has 0 unspecified atom stereocenters. The summed E-state index contributed by atoms with van der Waals surface area (Å²) in [6.07, 6.45) is 5.20. The van der Waals surface area contributed by atoms with Crippen LogP contribution in [-0.4, -0.2) is 87.4 Å². The Morgan fingerprint density at radius 3 is 2.32 bits per heavy atom. The number of rotatable bonds is 13. The number of carbonyl (C=O) groups is 4. The highest BCUT2D eigenvalue weighted by atomic mass is 19.1. The summed E-state index contributed by atoms with van der Waals surface area (Å²) < 4.78 is 17.3. The highest BCUT2D eigenvalue weighted by Crippen LogP contribution is 2.32. The van der Waals surface area contributed by atoms with Gasteiger partial charge < -0.3 is 15.5 Å². The van der Waals surface area contributed by atoms with E-state index in [4.69, 9.17) is 0 Å². The van der Waals surface area contributed by atoms with Crippen molar-refractivity contribution in [3.63, 3.8) is 0 Å². The topological polar surface area (TPSA) is 117 Å². The van der Waals surface area contributed by atoms with Crippen molar-refractivity contribution >= 4 is 23.5 Å². The van der Waals surface area contributed by atoms with Gasteiger partial charge >= 0.3 is 0 Å². The number of nitrogens with one attached hydrogen (secondary N) is 2. The van der Waals surface area contributed by atoms with Crippen LogP contribution in [0.3, 0.4) is 0 Å². The van der Waals surface area contributed by atoms with Gasteiger partial charge in [0.1, 0.15) is 17.6 Å². The Bertz CT molecular complexity index is 1400. The molecule has 4 rings (SSSR count). The number of aryl methyl sites for hydroxylation is 1. The fourth-order valence-corrected chi connectivity index (χ4v) is 7.09. The zero-order valence-corrected chi connectivity index (χ0v) is 28.9. The minimum absolute atomic E-state index is 0.0288. The minimum Gasteiger partial charge on any atom is -0.344 e. The third-order valence-corrected chi connectivity index (χ3v) is 10.3. The number of aromatic nitrogens is 2. The molecule has 0 spiro atoms. The molecule has 1 saturated carbocycles. The lowest BCUT2D eigenvalue weighted by atomic mass is 9.77. The summed E-state index contributed by atoms with van der Waals surface area (Å²) in [5, 5.41) is 10.1. The molecular formula is C36H53FN6O4. The Hall–Kier alpha value is -3.60. The first-order valence-electron chi connectivity index (χ1n) is 17.4. The Balaban J connectivity index is 1.52. The van der Waals surface area contributed by atoms with Gasteiger partial charge in [-0.05, 0) is 68.3 Å². The standard InChI is InChI=1S/C36H53FN6O4/c1-7-32(45)39-33(36(47)42-19-18-41(8-2)24(5)22-42)25(6)27-14-15-28(29(37)20-27)21-31(44)34(26-12-10-23(4)11-13-26)40-35(46)30-16-17-38-43(30)9-3/h14-17,20,23-26,33-34H,7-13,18-19,21-22H2,1-6H3,(H,39,45)(H,40,46)/t23?,24-,25-,26?,33+,34-/m0/s1. The molecular weight excluding hydrogens is 599 g/mol. The summed E-state index contributed by atoms with van der Waals surface area (Å²) in [6, 6.07) is 4.95. The highest BCUT2D eigenvalue weighted by Gasteiger charge is 2.36. The molecule has 10 nitrogen and oxygen atoms in total. The van der Waals surface area contributed by atoms with E-state index in [1.54, 1.807) is 40.9 Å². The molecule has 0 bridgehead atoms. The number of carbonyl (C=O) groups excluding carboxylic acids is 4. The summed E-state index contributed by atoms with van der Waals surface area (Å²) in [5.41, 5.74) is 1.19. The summed E-state index contributed by atoms with van der Waals surface area (Å²) in [4.78, 5) is 57.5. The first-order chi connectivity index (χ1) is 22.5. The molecule has 2 heterocycles. The summed E-state index contributed by atoms with van der Waals surface area (Å²) in [6.45, 7) is 15.1. The SMILES string of the molecule is CCC(=O)N[C@@H](C(=O)N1CCN(CC)[C@@H](C)C1)[C@@H](C)c1ccc(CC(=O)[C@@H](NC(=O)c2ccnn2CC)C2CCC(C)CC2)c(F)c1. The average molecular weight is 653 g/mol. The molecule has 2 aromatic rings. The van der Waals surface area contributed by atoms with Crippen LogP contribution in [0.1, 0.15) is 101 Å². The second kappa shape index (κ2) is 16.5. The smallest absolute Gasteiger partial charge is 0.270 e. The van der Waals surface area contributed by atoms with E-state index >= 15 is 4.39 Å². The summed E-state index contributed by atoms with van der Waals surface area (Å²) >= 11 is 0. The zero-order chi connectivity index (χ0) is 34.2. The lowest BCUT2D eigenvalue weighted by molar-refractivity contribution is -0.139. The van der Waals surface area contributed by atoms with E-state index in [1.165, 1.54) is 6.07 Å². The molecule has 1 aromatic heterocycles. The predicted octanol–water partition coefficient (Wildman–Crippen LogP) is 4.33. The van der Waals surface area contributed by atoms with Crippen LogP contribution in [0, 0.1) is 17.7 Å². The maximum Gasteiger partial charge on any atom is 0.270 e. The second-order valence-corrected chi connectivity index (χ2v) is 13.4. The predicted molar refractivity (Wildman–Crippen MR) is 179 cm³/mol. The number of piperazine rings is 1. The highest BCUT2D eigenvalue weighted by molar-refractivity contribution is 5.97. The van der Waals surface area contributed by atoms with E-state index in [0.29, 0.717) is 36.8 Å². The van der Waals surface area contributed by atoms with E-state index in [1.807, 2.05) is 13.8 Å². The second-order valence-electron chi connectivity index (χ2n) is 13.4. The molecule has 11 heteroatoms. The van der Waals surface area contributed by atoms with Crippen molar-refractivity contribution in [1.82, 2.24) is 30.2 Å². The Morgan fingerprint density at radius 2 is 1.70 bits per heavy atom. The number of likely N-dealkylation sites (N-methyl/N-ethyl adjacent to an activating group) is 1. The molecule has 0 radical (unpaired) electrons. The van der Waals surface area contributed by atoms with Crippen LogP contribution in [0.5, 0.6) is 0 Å². The molecule has 1 aromatic carbocycles. The molecule has 47 heavy (non-hydrogen) atoms. The van der Waals surface area contributed by atoms with Gasteiger partial charge in [-0.25, -0.2) is 4.39 Å². The monoisotopic (exact) mass is 652 g/mol. The number of halogens is 1. The maximum atomic E-state index is 15.8. The van der Waals surface area contributed by atoms with Gasteiger partial charge in [0.15, 0.2) is 5.78 Å².